The van der Waals surface area contributed by atoms with Crippen LogP contribution in [0.3, 0.4) is 0 Å². The number of allylic oxidation sites excluding steroid dienone is 1. The lowest BCUT2D eigenvalue weighted by atomic mass is 10.1. The van der Waals surface area contributed by atoms with E-state index in [9.17, 15) is 14.4 Å². The predicted molar refractivity (Wildman–Crippen MR) is 108 cm³/mol. The lowest BCUT2D eigenvalue weighted by molar-refractivity contribution is -0.112. The fourth-order valence-electron chi connectivity index (χ4n) is 2.74. The number of nitrogens with one attached hydrogen (secondary N) is 1. The number of ether oxygens (including phenoxy) is 1. The van der Waals surface area contributed by atoms with Crippen molar-refractivity contribution in [2.75, 3.05) is 6.54 Å². The third-order valence-electron chi connectivity index (χ3n) is 4.00. The van der Waals surface area contributed by atoms with Crippen LogP contribution in [0.5, 0.6) is 0 Å². The van der Waals surface area contributed by atoms with Gasteiger partial charge in [0.1, 0.15) is 5.60 Å². The van der Waals surface area contributed by atoms with Crippen molar-refractivity contribution in [2.45, 2.75) is 52.2 Å². The molecule has 0 aromatic heterocycles. The zero-order valence-corrected chi connectivity index (χ0v) is 16.8. The molecule has 150 valence electrons. The van der Waals surface area contributed by atoms with Crippen molar-refractivity contribution in [1.82, 2.24) is 10.3 Å². The van der Waals surface area contributed by atoms with Gasteiger partial charge in [0.2, 0.25) is 0 Å². The number of hydrogen-bond donors (Lipinski definition) is 1. The number of likely N-dealkylation sites (tertiary alicyclic amines) is 1. The molecule has 1 aromatic rings. The molecule has 0 saturated carbocycles. The monoisotopic (exact) mass is 385 g/mol. The molecule has 1 atom stereocenters. The summed E-state index contributed by atoms with van der Waals surface area (Å²) in [5, 5.41) is 4.02. The summed E-state index contributed by atoms with van der Waals surface area (Å²) in [5.41, 5.74) is 3.11. The average molecular weight is 385 g/mol. The maximum atomic E-state index is 12.3. The summed E-state index contributed by atoms with van der Waals surface area (Å²) < 4.78 is 5.41. The van der Waals surface area contributed by atoms with Gasteiger partial charge in [0.15, 0.2) is 5.78 Å². The second-order valence-electron chi connectivity index (χ2n) is 7.67. The van der Waals surface area contributed by atoms with Gasteiger partial charge in [0.25, 0.3) is 5.91 Å². The molecule has 1 heterocycles. The van der Waals surface area contributed by atoms with Crippen LogP contribution in [-0.2, 0) is 9.53 Å². The van der Waals surface area contributed by atoms with E-state index >= 15 is 0 Å². The van der Waals surface area contributed by atoms with Gasteiger partial charge in [-0.05, 0) is 64.3 Å². The summed E-state index contributed by atoms with van der Waals surface area (Å²) in [6.07, 6.45) is 5.91. The van der Waals surface area contributed by atoms with Crippen LogP contribution in [0.1, 0.15) is 56.5 Å². The predicted octanol–water partition coefficient (Wildman–Crippen LogP) is 3.40. The van der Waals surface area contributed by atoms with Crippen LogP contribution in [0.25, 0.3) is 6.08 Å². The van der Waals surface area contributed by atoms with E-state index in [1.807, 2.05) is 20.8 Å². The molecular weight excluding hydrogens is 358 g/mol. The van der Waals surface area contributed by atoms with Gasteiger partial charge in [0.05, 0.1) is 6.04 Å². The zero-order valence-electron chi connectivity index (χ0n) is 16.8. The Bertz CT molecular complexity index is 793. The minimum Gasteiger partial charge on any atom is -0.444 e. The second-order valence-corrected chi connectivity index (χ2v) is 7.67. The minimum absolute atomic E-state index is 0.0643. The Kier molecular flexibility index (Phi) is 7.09. The Labute approximate surface area is 165 Å². The first kappa shape index (κ1) is 21.3. The van der Waals surface area contributed by atoms with Gasteiger partial charge in [-0.25, -0.2) is 10.2 Å². The number of carbonyl (C=O) groups is 3. The Morgan fingerprint density at radius 1 is 1.29 bits per heavy atom. The van der Waals surface area contributed by atoms with Crippen molar-refractivity contribution in [2.24, 2.45) is 5.10 Å². The van der Waals surface area contributed by atoms with E-state index in [1.165, 1.54) is 13.0 Å². The molecule has 0 spiro atoms. The van der Waals surface area contributed by atoms with E-state index in [0.717, 1.165) is 18.4 Å². The maximum absolute atomic E-state index is 12.3. The van der Waals surface area contributed by atoms with Crippen LogP contribution >= 0.6 is 0 Å². The summed E-state index contributed by atoms with van der Waals surface area (Å²) in [6.45, 7) is 7.54. The van der Waals surface area contributed by atoms with E-state index < -0.39 is 5.60 Å². The van der Waals surface area contributed by atoms with E-state index in [0.29, 0.717) is 12.1 Å². The van der Waals surface area contributed by atoms with E-state index in [1.54, 1.807) is 41.5 Å². The molecule has 28 heavy (non-hydrogen) atoms. The van der Waals surface area contributed by atoms with Crippen LogP contribution in [0, 0.1) is 0 Å². The van der Waals surface area contributed by atoms with Gasteiger partial charge in [0, 0.05) is 18.3 Å². The lowest BCUT2D eigenvalue weighted by Gasteiger charge is -2.26. The summed E-state index contributed by atoms with van der Waals surface area (Å²) in [7, 11) is 0. The molecule has 1 aliphatic rings. The number of amides is 2. The SMILES string of the molecule is CC(=O)/C=C/c1cccc(C(=O)N/N=C/[C@@H]2CCCN2C(=O)OC(C)(C)C)c1. The molecular formula is C21H27N3O4. The quantitative estimate of drug-likeness (QED) is 0.478. The molecule has 1 N–H and O–H groups in total. The molecule has 0 bridgehead atoms. The number of carbonyl (C=O) groups excluding carboxylic acids is 3. The van der Waals surface area contributed by atoms with Crippen LogP contribution < -0.4 is 5.43 Å². The smallest absolute Gasteiger partial charge is 0.410 e. The first-order valence-corrected chi connectivity index (χ1v) is 9.27. The maximum Gasteiger partial charge on any atom is 0.410 e. The highest BCUT2D eigenvalue weighted by Crippen LogP contribution is 2.19. The third kappa shape index (κ3) is 6.64. The number of hydrogen-bond acceptors (Lipinski definition) is 5. The second kappa shape index (κ2) is 9.30. The molecule has 0 unspecified atom stereocenters. The molecule has 1 saturated heterocycles. The van der Waals surface area contributed by atoms with Crippen LogP contribution in [0.4, 0.5) is 4.79 Å². The third-order valence-corrected chi connectivity index (χ3v) is 4.00. The van der Waals surface area contributed by atoms with Gasteiger partial charge in [-0.2, -0.15) is 5.10 Å². The number of benzene rings is 1. The average Bonchev–Trinajstić information content (AvgIpc) is 3.07. The largest absolute Gasteiger partial charge is 0.444 e. The molecule has 7 heteroatoms. The lowest BCUT2D eigenvalue weighted by Crippen LogP contribution is -2.40. The topological polar surface area (TPSA) is 88.1 Å². The fourth-order valence-corrected chi connectivity index (χ4v) is 2.74. The van der Waals surface area contributed by atoms with Crippen LogP contribution in [0.15, 0.2) is 35.4 Å². The summed E-state index contributed by atoms with van der Waals surface area (Å²) >= 11 is 0. The highest BCUT2D eigenvalue weighted by Gasteiger charge is 2.31. The van der Waals surface area contributed by atoms with Crippen molar-refractivity contribution in [3.63, 3.8) is 0 Å². The van der Waals surface area contributed by atoms with Gasteiger partial charge in [-0.15, -0.1) is 0 Å². The molecule has 1 aliphatic heterocycles. The molecule has 2 rings (SSSR count). The van der Waals surface area contributed by atoms with Crippen molar-refractivity contribution < 1.29 is 19.1 Å². The van der Waals surface area contributed by atoms with Crippen molar-refractivity contribution in [3.05, 3.63) is 41.5 Å². The summed E-state index contributed by atoms with van der Waals surface area (Å²) in [6, 6.07) is 6.67. The first-order chi connectivity index (χ1) is 13.2. The summed E-state index contributed by atoms with van der Waals surface area (Å²) in [5.74, 6) is -0.429. The van der Waals surface area contributed by atoms with E-state index in [4.69, 9.17) is 4.74 Å². The van der Waals surface area contributed by atoms with Crippen LogP contribution in [0.2, 0.25) is 0 Å². The molecule has 0 aliphatic carbocycles. The molecule has 0 radical (unpaired) electrons. The van der Waals surface area contributed by atoms with Crippen molar-refractivity contribution in [1.29, 1.82) is 0 Å². The Morgan fingerprint density at radius 2 is 2.04 bits per heavy atom. The summed E-state index contributed by atoms with van der Waals surface area (Å²) in [4.78, 5) is 37.2. The van der Waals surface area contributed by atoms with Crippen molar-refractivity contribution in [3.8, 4) is 0 Å². The molecule has 1 aromatic carbocycles. The number of hydrazone groups is 1. The Hall–Kier alpha value is -2.96. The molecule has 1 fully saturated rings. The van der Waals surface area contributed by atoms with Gasteiger partial charge >= 0.3 is 6.09 Å². The number of nitrogens with zero attached hydrogens (tertiary/aromatic N) is 2. The molecule has 7 nitrogen and oxygen atoms in total. The zero-order chi connectivity index (χ0) is 20.7. The normalized spacial score (nSPS) is 17.3. The minimum atomic E-state index is -0.558. The van der Waals surface area contributed by atoms with Gasteiger partial charge < -0.3 is 9.64 Å². The Balaban J connectivity index is 1.96. The number of ketones is 1. The van der Waals surface area contributed by atoms with Crippen molar-refractivity contribution >= 4 is 30.1 Å². The highest BCUT2D eigenvalue weighted by molar-refractivity contribution is 5.96. The molecule has 2 amide bonds. The van der Waals surface area contributed by atoms with E-state index in [-0.39, 0.29) is 23.8 Å². The Morgan fingerprint density at radius 3 is 2.71 bits per heavy atom. The highest BCUT2D eigenvalue weighted by atomic mass is 16.6. The van der Waals surface area contributed by atoms with E-state index in [2.05, 4.69) is 10.5 Å². The van der Waals surface area contributed by atoms with Crippen LogP contribution in [-0.4, -0.2) is 47.1 Å². The standard InChI is InChI=1S/C21H27N3O4/c1-15(25)10-11-16-7-5-8-17(13-16)19(26)23-22-14-18-9-6-12-24(18)20(27)28-21(2,3)4/h5,7-8,10-11,13-14,18H,6,9,12H2,1-4H3,(H,23,26)/b11-10+,22-14+/t18-/m0/s1. The van der Waals surface area contributed by atoms with Gasteiger partial charge in [-0.1, -0.05) is 18.2 Å². The fraction of sp³-hybridized carbons (Fsp3) is 0.429. The van der Waals surface area contributed by atoms with Gasteiger partial charge in [-0.3, -0.25) is 9.59 Å². The number of rotatable bonds is 5. The first-order valence-electron chi connectivity index (χ1n) is 9.27.